The highest BCUT2D eigenvalue weighted by Crippen LogP contribution is 2.20. The number of piperazine rings is 1. The predicted octanol–water partition coefficient (Wildman–Crippen LogP) is 2.93. The van der Waals surface area contributed by atoms with Crippen LogP contribution in [0, 0.1) is 5.82 Å². The van der Waals surface area contributed by atoms with Gasteiger partial charge < -0.3 is 20.5 Å². The summed E-state index contributed by atoms with van der Waals surface area (Å²) in [6.45, 7) is 2.51. The number of halogens is 2. The van der Waals surface area contributed by atoms with Gasteiger partial charge in [-0.25, -0.2) is 9.37 Å². The first-order chi connectivity index (χ1) is 15.9. The molecule has 1 aromatic heterocycles. The van der Waals surface area contributed by atoms with Gasteiger partial charge in [-0.2, -0.15) is 0 Å². The predicted molar refractivity (Wildman–Crippen MR) is 121 cm³/mol. The Morgan fingerprint density at radius 3 is 2.52 bits per heavy atom. The lowest BCUT2D eigenvalue weighted by Gasteiger charge is -2.27. The Morgan fingerprint density at radius 2 is 1.82 bits per heavy atom. The fraction of sp³-hybridized carbons (Fsp3) is 0.217. The number of anilines is 1. The summed E-state index contributed by atoms with van der Waals surface area (Å²) in [5.74, 6) is -1.54. The second-order valence-corrected chi connectivity index (χ2v) is 7.95. The number of carbonyl (C=O) groups is 3. The maximum atomic E-state index is 13.2. The Kier molecular flexibility index (Phi) is 6.81. The molecule has 0 spiro atoms. The first-order valence-corrected chi connectivity index (χ1v) is 10.7. The van der Waals surface area contributed by atoms with Gasteiger partial charge in [-0.1, -0.05) is 23.7 Å². The molecule has 0 unspecified atom stereocenters. The van der Waals surface area contributed by atoms with E-state index >= 15 is 0 Å². The van der Waals surface area contributed by atoms with Crippen LogP contribution in [0.3, 0.4) is 0 Å². The molecule has 0 bridgehead atoms. The highest BCUT2D eigenvalue weighted by molar-refractivity contribution is 6.34. The third-order valence-electron chi connectivity index (χ3n) is 5.28. The average molecular weight is 470 g/mol. The zero-order chi connectivity index (χ0) is 23.4. The van der Waals surface area contributed by atoms with Crippen LogP contribution < -0.4 is 10.6 Å². The maximum Gasteiger partial charge on any atom is 0.276 e. The van der Waals surface area contributed by atoms with Gasteiger partial charge in [0.05, 0.1) is 11.3 Å². The number of aromatic nitrogens is 2. The number of rotatable bonds is 6. The van der Waals surface area contributed by atoms with Crippen LogP contribution in [0.15, 0.2) is 48.8 Å². The van der Waals surface area contributed by atoms with Crippen molar-refractivity contribution < 1.29 is 18.8 Å². The maximum absolute atomic E-state index is 13.2. The van der Waals surface area contributed by atoms with Crippen molar-refractivity contribution in [2.24, 2.45) is 0 Å². The molecule has 1 aliphatic heterocycles. The number of nitrogens with zero attached hydrogens (tertiary/aromatic N) is 2. The summed E-state index contributed by atoms with van der Waals surface area (Å²) in [5, 5.41) is 5.96. The molecule has 8 nitrogen and oxygen atoms in total. The number of benzene rings is 2. The highest BCUT2D eigenvalue weighted by Gasteiger charge is 2.25. The van der Waals surface area contributed by atoms with Crippen molar-refractivity contribution in [3.63, 3.8) is 0 Å². The second kappa shape index (κ2) is 9.93. The molecule has 10 heteroatoms. The Bertz CT molecular complexity index is 1190. The van der Waals surface area contributed by atoms with E-state index in [-0.39, 0.29) is 40.1 Å². The molecule has 4 rings (SSSR count). The summed E-state index contributed by atoms with van der Waals surface area (Å²) < 4.78 is 13.2. The number of carbonyl (C=O) groups excluding carboxylic acids is 3. The molecule has 33 heavy (non-hydrogen) atoms. The molecule has 0 saturated carbocycles. The van der Waals surface area contributed by atoms with Crippen LogP contribution >= 0.6 is 11.6 Å². The van der Waals surface area contributed by atoms with Gasteiger partial charge in [-0.05, 0) is 35.9 Å². The number of aromatic amines is 1. The number of imidazole rings is 1. The van der Waals surface area contributed by atoms with E-state index in [4.69, 9.17) is 11.6 Å². The molecule has 1 fully saturated rings. The minimum atomic E-state index is -0.517. The normalized spacial score (nSPS) is 13.6. The molecule has 0 radical (unpaired) electrons. The zero-order valence-corrected chi connectivity index (χ0v) is 18.3. The number of H-pyrrole nitrogens is 1. The summed E-state index contributed by atoms with van der Waals surface area (Å²) in [7, 11) is 0. The van der Waals surface area contributed by atoms with E-state index in [1.165, 1.54) is 18.5 Å². The van der Waals surface area contributed by atoms with Crippen molar-refractivity contribution in [3.8, 4) is 0 Å². The summed E-state index contributed by atoms with van der Waals surface area (Å²) >= 11 is 5.96. The molecule has 170 valence electrons. The van der Waals surface area contributed by atoms with Crippen LogP contribution in [0.25, 0.3) is 0 Å². The van der Waals surface area contributed by atoms with E-state index in [9.17, 15) is 18.8 Å². The van der Waals surface area contributed by atoms with Crippen LogP contribution in [0.4, 0.5) is 10.1 Å². The highest BCUT2D eigenvalue weighted by atomic mass is 35.5. The lowest BCUT2D eigenvalue weighted by molar-refractivity contribution is 0.0726. The molecule has 2 heterocycles. The standard InChI is InChI=1S/C23H21ClFN5O3/c24-18-12-15(25)3-6-17(18)19(31)11-14-1-4-16(5-2-14)29-22(32)20-21(28-13-27-20)23(33)30-9-7-26-8-10-30/h1-6,12-13,26H,7-11H2,(H,27,28)(H,29,32). The van der Waals surface area contributed by atoms with E-state index in [1.54, 1.807) is 29.2 Å². The van der Waals surface area contributed by atoms with Gasteiger partial charge in [-0.3, -0.25) is 14.4 Å². The third-order valence-corrected chi connectivity index (χ3v) is 5.59. The first-order valence-electron chi connectivity index (χ1n) is 10.3. The van der Waals surface area contributed by atoms with Crippen LogP contribution in [-0.2, 0) is 6.42 Å². The minimum Gasteiger partial charge on any atom is -0.340 e. The molecule has 2 amide bonds. The van der Waals surface area contributed by atoms with E-state index in [0.717, 1.165) is 6.07 Å². The van der Waals surface area contributed by atoms with Crippen molar-refractivity contribution in [1.82, 2.24) is 20.2 Å². The van der Waals surface area contributed by atoms with E-state index in [2.05, 4.69) is 20.6 Å². The molecule has 1 aliphatic rings. The third kappa shape index (κ3) is 5.27. The fourth-order valence-corrected chi connectivity index (χ4v) is 3.82. The van der Waals surface area contributed by atoms with Gasteiger partial charge in [0.25, 0.3) is 11.8 Å². The van der Waals surface area contributed by atoms with Crippen LogP contribution in [0.2, 0.25) is 5.02 Å². The SMILES string of the molecule is O=C(Cc1ccc(NC(=O)c2nc[nH]c2C(=O)N2CCNCC2)cc1)c1ccc(F)cc1Cl. The monoisotopic (exact) mass is 469 g/mol. The van der Waals surface area contributed by atoms with Crippen molar-refractivity contribution in [2.45, 2.75) is 6.42 Å². The summed E-state index contributed by atoms with van der Waals surface area (Å²) in [6.07, 6.45) is 1.39. The molecule has 2 aromatic carbocycles. The quantitative estimate of drug-likeness (QED) is 0.481. The lowest BCUT2D eigenvalue weighted by Crippen LogP contribution is -2.46. The van der Waals surface area contributed by atoms with E-state index in [0.29, 0.717) is 37.4 Å². The van der Waals surface area contributed by atoms with E-state index in [1.807, 2.05) is 0 Å². The Balaban J connectivity index is 1.40. The van der Waals surface area contributed by atoms with Gasteiger partial charge >= 0.3 is 0 Å². The van der Waals surface area contributed by atoms with Crippen molar-refractivity contribution in [1.29, 1.82) is 0 Å². The topological polar surface area (TPSA) is 107 Å². The number of nitrogens with one attached hydrogen (secondary N) is 3. The molecule has 3 N–H and O–H groups in total. The molecular weight excluding hydrogens is 449 g/mol. The summed E-state index contributed by atoms with van der Waals surface area (Å²) in [6, 6.07) is 10.3. The number of ketones is 1. The fourth-order valence-electron chi connectivity index (χ4n) is 3.55. The van der Waals surface area contributed by atoms with Gasteiger partial charge in [0.1, 0.15) is 11.5 Å². The van der Waals surface area contributed by atoms with Gasteiger partial charge in [0.2, 0.25) is 0 Å². The number of amides is 2. The lowest BCUT2D eigenvalue weighted by atomic mass is 10.0. The molecule has 0 aliphatic carbocycles. The van der Waals surface area contributed by atoms with Gasteiger partial charge in [-0.15, -0.1) is 0 Å². The summed E-state index contributed by atoms with van der Waals surface area (Å²) in [5.41, 5.74) is 1.60. The largest absolute Gasteiger partial charge is 0.340 e. The van der Waals surface area contributed by atoms with Gasteiger partial charge in [0, 0.05) is 43.9 Å². The van der Waals surface area contributed by atoms with Gasteiger partial charge in [0.15, 0.2) is 11.5 Å². The Hall–Kier alpha value is -3.56. The minimum absolute atomic E-state index is 0.0174. The second-order valence-electron chi connectivity index (χ2n) is 7.54. The zero-order valence-electron chi connectivity index (χ0n) is 17.5. The smallest absolute Gasteiger partial charge is 0.276 e. The van der Waals surface area contributed by atoms with Crippen LogP contribution in [-0.4, -0.2) is 58.6 Å². The van der Waals surface area contributed by atoms with Crippen molar-refractivity contribution in [2.75, 3.05) is 31.5 Å². The average Bonchev–Trinajstić information content (AvgIpc) is 3.30. The van der Waals surface area contributed by atoms with E-state index < -0.39 is 11.7 Å². The Morgan fingerprint density at radius 1 is 1.09 bits per heavy atom. The van der Waals surface area contributed by atoms with Crippen LogP contribution in [0.5, 0.6) is 0 Å². The van der Waals surface area contributed by atoms with Crippen LogP contribution in [0.1, 0.15) is 36.9 Å². The molecule has 3 aromatic rings. The van der Waals surface area contributed by atoms with Crippen molar-refractivity contribution in [3.05, 3.63) is 82.1 Å². The first kappa shape index (κ1) is 22.6. The molecule has 1 saturated heterocycles. The Labute approximate surface area is 194 Å². The number of Topliss-reactive ketones (excluding diaryl/α,β-unsaturated/α-hetero) is 1. The molecular formula is C23H21ClFN5O3. The van der Waals surface area contributed by atoms with Crippen molar-refractivity contribution >= 4 is 34.9 Å². The molecule has 0 atom stereocenters. The number of hydrogen-bond donors (Lipinski definition) is 3. The summed E-state index contributed by atoms with van der Waals surface area (Å²) in [4.78, 5) is 46.4. The number of hydrogen-bond acceptors (Lipinski definition) is 5.